The van der Waals surface area contributed by atoms with Crippen LogP contribution in [0, 0.1) is 0 Å². The molecule has 2 aromatic carbocycles. The van der Waals surface area contributed by atoms with Crippen molar-refractivity contribution in [3.8, 4) is 5.75 Å². The Kier molecular flexibility index (Phi) is 8.63. The Morgan fingerprint density at radius 2 is 1.81 bits per heavy atom. The van der Waals surface area contributed by atoms with Crippen molar-refractivity contribution in [1.82, 2.24) is 14.9 Å². The predicted molar refractivity (Wildman–Crippen MR) is 149 cm³/mol. The van der Waals surface area contributed by atoms with Crippen molar-refractivity contribution in [2.75, 3.05) is 24.8 Å². The molecule has 3 aromatic rings. The van der Waals surface area contributed by atoms with Crippen LogP contribution in [0.1, 0.15) is 51.4 Å². The standard InChI is InChI=1S/C27H29F3N5O7P/c1-35-11-16-15(14-8-20(36)21(37)9-14)4-6-19(23(16)25(35)38)32-24-17(27(28,29)30)10-31-26(34-24)33-18-5-3-13(7-22(18)41-2)12-42-43(39)40/h3-7,10,14,20-21,36-37,43H,8-9,11-12H2,1-2H3,(H,39,40)(H2,31,32,33,34). The van der Waals surface area contributed by atoms with Crippen LogP contribution in [0.25, 0.3) is 0 Å². The number of alkyl halides is 3. The van der Waals surface area contributed by atoms with Crippen molar-refractivity contribution in [3.05, 3.63) is 64.3 Å². The van der Waals surface area contributed by atoms with Gasteiger partial charge in [0, 0.05) is 19.8 Å². The first-order chi connectivity index (χ1) is 20.3. The zero-order valence-electron chi connectivity index (χ0n) is 23.0. The van der Waals surface area contributed by atoms with E-state index in [4.69, 9.17) is 14.2 Å². The van der Waals surface area contributed by atoms with Crippen molar-refractivity contribution in [2.45, 2.75) is 50.3 Å². The number of aromatic nitrogens is 2. The number of methoxy groups -OCH3 is 1. The van der Waals surface area contributed by atoms with Crippen LogP contribution in [0.3, 0.4) is 0 Å². The molecule has 0 bridgehead atoms. The Balaban J connectivity index is 1.49. The SMILES string of the molecule is COc1cc(CO[PH](=O)O)ccc1Nc1ncc(C(F)(F)F)c(Nc2ccc(C3CC(O)C(O)C3)c3c2C(=O)N(C)C3)n1. The quantitative estimate of drug-likeness (QED) is 0.218. The molecule has 3 unspecified atom stereocenters. The number of halogens is 3. The van der Waals surface area contributed by atoms with Gasteiger partial charge in [0.25, 0.3) is 5.91 Å². The summed E-state index contributed by atoms with van der Waals surface area (Å²) in [6.45, 7) is 0.0648. The summed E-state index contributed by atoms with van der Waals surface area (Å²) in [7, 11) is -0.199. The van der Waals surface area contributed by atoms with E-state index in [1.807, 2.05) is 0 Å². The summed E-state index contributed by atoms with van der Waals surface area (Å²) in [6, 6.07) is 7.81. The molecule has 12 nitrogen and oxygen atoms in total. The van der Waals surface area contributed by atoms with Gasteiger partial charge < -0.3 is 39.9 Å². The number of aliphatic hydroxyl groups excluding tert-OH is 2. The van der Waals surface area contributed by atoms with Crippen LogP contribution in [0.4, 0.5) is 36.3 Å². The lowest BCUT2D eigenvalue weighted by molar-refractivity contribution is -0.137. The average Bonchev–Trinajstić information content (AvgIpc) is 3.44. The van der Waals surface area contributed by atoms with Gasteiger partial charge in [-0.25, -0.2) is 4.98 Å². The number of fused-ring (bicyclic) bond motifs is 1. The molecule has 5 rings (SSSR count). The first-order valence-electron chi connectivity index (χ1n) is 13.1. The van der Waals surface area contributed by atoms with Crippen LogP contribution >= 0.6 is 8.25 Å². The third kappa shape index (κ3) is 6.45. The summed E-state index contributed by atoms with van der Waals surface area (Å²) in [6.07, 6.45) is -5.40. The Morgan fingerprint density at radius 1 is 1.12 bits per heavy atom. The maximum Gasteiger partial charge on any atom is 0.421 e. The second-order valence-electron chi connectivity index (χ2n) is 10.3. The maximum atomic E-state index is 14.0. The van der Waals surface area contributed by atoms with E-state index in [0.29, 0.717) is 35.9 Å². The number of rotatable bonds is 9. The van der Waals surface area contributed by atoms with Gasteiger partial charge >= 0.3 is 14.4 Å². The van der Waals surface area contributed by atoms with Gasteiger partial charge in [0.2, 0.25) is 5.95 Å². The van der Waals surface area contributed by atoms with E-state index in [1.165, 1.54) is 30.2 Å². The van der Waals surface area contributed by atoms with Gasteiger partial charge in [-0.15, -0.1) is 0 Å². The number of aliphatic hydroxyl groups is 2. The van der Waals surface area contributed by atoms with Crippen molar-refractivity contribution < 1.29 is 46.9 Å². The van der Waals surface area contributed by atoms with Crippen molar-refractivity contribution >= 4 is 37.3 Å². The van der Waals surface area contributed by atoms with Crippen LogP contribution in [0.2, 0.25) is 0 Å². The van der Waals surface area contributed by atoms with E-state index in [0.717, 1.165) is 5.56 Å². The average molecular weight is 624 g/mol. The molecule has 1 fully saturated rings. The van der Waals surface area contributed by atoms with Gasteiger partial charge in [-0.2, -0.15) is 18.2 Å². The number of amides is 1. The second-order valence-corrected chi connectivity index (χ2v) is 11.1. The lowest BCUT2D eigenvalue weighted by Crippen LogP contribution is -2.18. The minimum Gasteiger partial charge on any atom is -0.495 e. The number of anilines is 4. The van der Waals surface area contributed by atoms with E-state index in [1.54, 1.807) is 19.2 Å². The molecule has 3 atom stereocenters. The van der Waals surface area contributed by atoms with Crippen LogP contribution in [-0.2, 0) is 28.4 Å². The largest absolute Gasteiger partial charge is 0.495 e. The summed E-state index contributed by atoms with van der Waals surface area (Å²) in [5.74, 6) is -1.15. The van der Waals surface area contributed by atoms with E-state index in [2.05, 4.69) is 20.6 Å². The molecule has 1 aliphatic carbocycles. The lowest BCUT2D eigenvalue weighted by atomic mass is 9.90. The normalized spacial score (nSPS) is 20.7. The first-order valence-corrected chi connectivity index (χ1v) is 14.4. The van der Waals surface area contributed by atoms with Crippen molar-refractivity contribution in [1.29, 1.82) is 0 Å². The van der Waals surface area contributed by atoms with Crippen molar-refractivity contribution in [2.24, 2.45) is 0 Å². The van der Waals surface area contributed by atoms with Crippen LogP contribution in [0.15, 0.2) is 36.5 Å². The molecule has 230 valence electrons. The molecule has 5 N–H and O–H groups in total. The maximum absolute atomic E-state index is 14.0. The zero-order chi connectivity index (χ0) is 31.1. The van der Waals surface area contributed by atoms with E-state index >= 15 is 0 Å². The summed E-state index contributed by atoms with van der Waals surface area (Å²) in [4.78, 5) is 31.4. The number of ether oxygens (including phenoxy) is 1. The lowest BCUT2D eigenvalue weighted by Gasteiger charge is -2.19. The van der Waals surface area contributed by atoms with Crippen LogP contribution in [-0.4, -0.2) is 62.2 Å². The summed E-state index contributed by atoms with van der Waals surface area (Å²) in [5, 5.41) is 25.6. The minimum absolute atomic E-state index is 0.118. The number of carbonyl (C=O) groups excluding carboxylic acids is 1. The van der Waals surface area contributed by atoms with Gasteiger partial charge in [0.1, 0.15) is 17.1 Å². The fourth-order valence-electron chi connectivity index (χ4n) is 5.38. The van der Waals surface area contributed by atoms with Gasteiger partial charge in [-0.1, -0.05) is 12.1 Å². The molecular formula is C27H29F3N5O7P. The Bertz CT molecular complexity index is 1560. The molecule has 0 saturated heterocycles. The fourth-order valence-corrected chi connectivity index (χ4v) is 5.67. The molecule has 1 amide bonds. The number of hydrogen-bond donors (Lipinski definition) is 5. The zero-order valence-corrected chi connectivity index (χ0v) is 24.0. The van der Waals surface area contributed by atoms with Gasteiger partial charge in [0.15, 0.2) is 0 Å². The van der Waals surface area contributed by atoms with Gasteiger partial charge in [-0.05, 0) is 53.6 Å². The predicted octanol–water partition coefficient (Wildman–Crippen LogP) is 4.07. The van der Waals surface area contributed by atoms with Crippen LogP contribution in [0.5, 0.6) is 5.75 Å². The number of nitrogens with zero attached hydrogens (tertiary/aromatic N) is 3. The molecule has 2 heterocycles. The Morgan fingerprint density at radius 3 is 2.47 bits per heavy atom. The molecule has 0 radical (unpaired) electrons. The highest BCUT2D eigenvalue weighted by molar-refractivity contribution is 7.32. The van der Waals surface area contributed by atoms with E-state index in [-0.39, 0.29) is 47.9 Å². The van der Waals surface area contributed by atoms with Gasteiger partial charge in [-0.3, -0.25) is 9.36 Å². The number of benzene rings is 2. The highest BCUT2D eigenvalue weighted by Crippen LogP contribution is 2.43. The number of hydrogen-bond acceptors (Lipinski definition) is 10. The summed E-state index contributed by atoms with van der Waals surface area (Å²) < 4.78 is 63.0. The first kappa shape index (κ1) is 30.7. The molecule has 2 aliphatic rings. The Hall–Kier alpha value is -3.75. The molecular weight excluding hydrogens is 594 g/mol. The number of nitrogens with one attached hydrogen (secondary N) is 2. The van der Waals surface area contributed by atoms with E-state index < -0.39 is 38.0 Å². The topological polar surface area (TPSA) is 166 Å². The molecule has 1 aromatic heterocycles. The van der Waals surface area contributed by atoms with Gasteiger partial charge in [0.05, 0.1) is 42.9 Å². The fraction of sp³-hybridized carbons (Fsp3) is 0.370. The smallest absolute Gasteiger partial charge is 0.421 e. The molecule has 1 aliphatic heterocycles. The highest BCUT2D eigenvalue weighted by Gasteiger charge is 2.39. The van der Waals surface area contributed by atoms with Crippen LogP contribution < -0.4 is 15.4 Å². The van der Waals surface area contributed by atoms with Crippen molar-refractivity contribution in [3.63, 3.8) is 0 Å². The third-order valence-electron chi connectivity index (χ3n) is 7.46. The summed E-state index contributed by atoms with van der Waals surface area (Å²) >= 11 is 0. The molecule has 16 heteroatoms. The third-order valence-corrected chi connectivity index (χ3v) is 7.85. The second kappa shape index (κ2) is 12.1. The minimum atomic E-state index is -4.82. The molecule has 1 saturated carbocycles. The monoisotopic (exact) mass is 623 g/mol. The summed E-state index contributed by atoms with van der Waals surface area (Å²) in [5.41, 5.74) is 1.34. The highest BCUT2D eigenvalue weighted by atomic mass is 31.1. The number of carbonyl (C=O) groups is 1. The molecule has 0 spiro atoms. The Labute approximate surface area is 244 Å². The van der Waals surface area contributed by atoms with E-state index in [9.17, 15) is 32.7 Å². The molecule has 43 heavy (non-hydrogen) atoms.